The van der Waals surface area contributed by atoms with Crippen molar-refractivity contribution in [2.75, 3.05) is 13.1 Å². The molecule has 2 aromatic carbocycles. The van der Waals surface area contributed by atoms with Crippen molar-refractivity contribution in [2.24, 2.45) is 0 Å². The number of hydrogen-bond acceptors (Lipinski definition) is 4. The van der Waals surface area contributed by atoms with Gasteiger partial charge in [-0.1, -0.05) is 29.8 Å². The van der Waals surface area contributed by atoms with E-state index >= 15 is 0 Å². The minimum atomic E-state index is 0.00849. The van der Waals surface area contributed by atoms with Gasteiger partial charge in [0, 0.05) is 29.2 Å². The minimum absolute atomic E-state index is 0.00849. The molecule has 0 N–H and O–H groups in total. The number of rotatable bonds is 3. The summed E-state index contributed by atoms with van der Waals surface area (Å²) in [5.41, 5.74) is 1.54. The average Bonchev–Trinajstić information content (AvgIpc) is 3.19. The fourth-order valence-electron chi connectivity index (χ4n) is 3.24. The van der Waals surface area contributed by atoms with Gasteiger partial charge in [0.1, 0.15) is 0 Å². The predicted molar refractivity (Wildman–Crippen MR) is 99.1 cm³/mol. The molecule has 1 aliphatic heterocycles. The quantitative estimate of drug-likeness (QED) is 0.688. The Morgan fingerprint density at radius 1 is 1.08 bits per heavy atom. The summed E-state index contributed by atoms with van der Waals surface area (Å²) in [6.07, 6.45) is 1.84. The SMILES string of the molecule is O=C(c1ccc(Cl)cc1)N1CCC[C@H](c2nnc(-c3ccccc3)o2)C1. The van der Waals surface area contributed by atoms with E-state index in [-0.39, 0.29) is 11.8 Å². The Bertz CT molecular complexity index is 893. The van der Waals surface area contributed by atoms with Crippen molar-refractivity contribution in [3.05, 3.63) is 71.1 Å². The van der Waals surface area contributed by atoms with Gasteiger partial charge in [0.15, 0.2) is 0 Å². The first-order valence-corrected chi connectivity index (χ1v) is 9.02. The largest absolute Gasteiger partial charge is 0.420 e. The molecule has 26 heavy (non-hydrogen) atoms. The summed E-state index contributed by atoms with van der Waals surface area (Å²) in [4.78, 5) is 14.6. The zero-order valence-corrected chi connectivity index (χ0v) is 14.9. The first kappa shape index (κ1) is 16.8. The molecule has 6 heteroatoms. The molecule has 0 radical (unpaired) electrons. The molecule has 1 atom stereocenters. The molecule has 0 unspecified atom stereocenters. The van der Waals surface area contributed by atoms with Crippen molar-refractivity contribution in [2.45, 2.75) is 18.8 Å². The lowest BCUT2D eigenvalue weighted by Gasteiger charge is -2.31. The monoisotopic (exact) mass is 367 g/mol. The molecule has 1 amide bonds. The summed E-state index contributed by atoms with van der Waals surface area (Å²) in [6, 6.07) is 16.7. The Labute approximate surface area is 156 Å². The van der Waals surface area contributed by atoms with E-state index in [0.29, 0.717) is 28.9 Å². The van der Waals surface area contributed by atoms with E-state index in [1.807, 2.05) is 35.2 Å². The summed E-state index contributed by atoms with van der Waals surface area (Å²) in [7, 11) is 0. The Morgan fingerprint density at radius 2 is 1.85 bits per heavy atom. The molecule has 2 heterocycles. The normalized spacial score (nSPS) is 17.3. The molecular formula is C20H18ClN3O2. The van der Waals surface area contributed by atoms with E-state index in [2.05, 4.69) is 10.2 Å². The highest BCUT2D eigenvalue weighted by molar-refractivity contribution is 6.30. The van der Waals surface area contributed by atoms with Gasteiger partial charge in [-0.2, -0.15) is 0 Å². The lowest BCUT2D eigenvalue weighted by atomic mass is 9.97. The van der Waals surface area contributed by atoms with Crippen molar-refractivity contribution in [3.63, 3.8) is 0 Å². The first-order valence-electron chi connectivity index (χ1n) is 8.64. The Kier molecular flexibility index (Phi) is 4.71. The fraction of sp³-hybridized carbons (Fsp3) is 0.250. The van der Waals surface area contributed by atoms with Crippen molar-refractivity contribution in [1.29, 1.82) is 0 Å². The summed E-state index contributed by atoms with van der Waals surface area (Å²) in [6.45, 7) is 1.32. The highest BCUT2D eigenvalue weighted by Gasteiger charge is 2.29. The van der Waals surface area contributed by atoms with Crippen LogP contribution in [0.3, 0.4) is 0 Å². The third-order valence-electron chi connectivity index (χ3n) is 4.61. The molecule has 0 saturated carbocycles. The number of halogens is 1. The van der Waals surface area contributed by atoms with Crippen LogP contribution in [0.4, 0.5) is 0 Å². The average molecular weight is 368 g/mol. The molecule has 0 bridgehead atoms. The maximum atomic E-state index is 12.7. The second-order valence-corrected chi connectivity index (χ2v) is 6.85. The Hall–Kier alpha value is -2.66. The zero-order valence-electron chi connectivity index (χ0n) is 14.1. The van der Waals surface area contributed by atoms with E-state index < -0.39 is 0 Å². The molecule has 1 saturated heterocycles. The fourth-order valence-corrected chi connectivity index (χ4v) is 3.36. The smallest absolute Gasteiger partial charge is 0.253 e. The summed E-state index contributed by atoms with van der Waals surface area (Å²) in [5, 5.41) is 9.01. The third kappa shape index (κ3) is 3.48. The number of amides is 1. The highest BCUT2D eigenvalue weighted by Crippen LogP contribution is 2.29. The number of nitrogens with zero attached hydrogens (tertiary/aromatic N) is 3. The van der Waals surface area contributed by atoms with Gasteiger partial charge in [0.25, 0.3) is 5.91 Å². The van der Waals surface area contributed by atoms with Gasteiger partial charge >= 0.3 is 0 Å². The minimum Gasteiger partial charge on any atom is -0.420 e. The van der Waals surface area contributed by atoms with Crippen LogP contribution >= 0.6 is 11.6 Å². The van der Waals surface area contributed by atoms with Crippen molar-refractivity contribution in [3.8, 4) is 11.5 Å². The van der Waals surface area contributed by atoms with Crippen molar-refractivity contribution < 1.29 is 9.21 Å². The number of piperidine rings is 1. The number of likely N-dealkylation sites (tertiary alicyclic amines) is 1. The number of benzene rings is 2. The van der Waals surface area contributed by atoms with Gasteiger partial charge in [-0.15, -0.1) is 10.2 Å². The van der Waals surface area contributed by atoms with E-state index in [1.54, 1.807) is 24.3 Å². The maximum Gasteiger partial charge on any atom is 0.253 e. The van der Waals surface area contributed by atoms with Gasteiger partial charge in [-0.25, -0.2) is 0 Å². The molecule has 5 nitrogen and oxygen atoms in total. The van der Waals surface area contributed by atoms with Crippen LogP contribution in [-0.4, -0.2) is 34.1 Å². The standard InChI is InChI=1S/C20H18ClN3O2/c21-17-10-8-15(9-11-17)20(25)24-12-4-7-16(13-24)19-23-22-18(26-19)14-5-2-1-3-6-14/h1-3,5-6,8-11,16H,4,7,12-13H2/t16-/m0/s1. The van der Waals surface area contributed by atoms with E-state index in [4.69, 9.17) is 16.0 Å². The van der Waals surface area contributed by atoms with Crippen molar-refractivity contribution in [1.82, 2.24) is 15.1 Å². The van der Waals surface area contributed by atoms with E-state index in [1.165, 1.54) is 0 Å². The molecule has 132 valence electrons. The first-order chi connectivity index (χ1) is 12.7. The van der Waals surface area contributed by atoms with E-state index in [9.17, 15) is 4.79 Å². The number of hydrogen-bond donors (Lipinski definition) is 0. The van der Waals surface area contributed by atoms with Crippen LogP contribution in [0.25, 0.3) is 11.5 Å². The number of carbonyl (C=O) groups is 1. The summed E-state index contributed by atoms with van der Waals surface area (Å²) < 4.78 is 5.88. The molecule has 0 aliphatic carbocycles. The van der Waals surface area contributed by atoms with Crippen LogP contribution in [0.1, 0.15) is 35.0 Å². The molecular weight excluding hydrogens is 350 g/mol. The maximum absolute atomic E-state index is 12.7. The highest BCUT2D eigenvalue weighted by atomic mass is 35.5. The molecule has 0 spiro atoms. The summed E-state index contributed by atoms with van der Waals surface area (Å²) >= 11 is 5.91. The van der Waals surface area contributed by atoms with Crippen molar-refractivity contribution >= 4 is 17.5 Å². The van der Waals surface area contributed by atoms with E-state index in [0.717, 1.165) is 24.9 Å². The van der Waals surface area contributed by atoms with Gasteiger partial charge in [-0.3, -0.25) is 4.79 Å². The third-order valence-corrected chi connectivity index (χ3v) is 4.86. The zero-order chi connectivity index (χ0) is 17.9. The lowest BCUT2D eigenvalue weighted by molar-refractivity contribution is 0.0698. The van der Waals surface area contributed by atoms with Crippen LogP contribution < -0.4 is 0 Å². The van der Waals surface area contributed by atoms with Crippen LogP contribution in [0, 0.1) is 0 Å². The predicted octanol–water partition coefficient (Wildman–Crippen LogP) is 4.41. The van der Waals surface area contributed by atoms with Crippen LogP contribution in [0.15, 0.2) is 59.0 Å². The van der Waals surface area contributed by atoms with Gasteiger partial charge < -0.3 is 9.32 Å². The molecule has 1 aliphatic rings. The topological polar surface area (TPSA) is 59.2 Å². The second kappa shape index (κ2) is 7.30. The number of aromatic nitrogens is 2. The van der Waals surface area contributed by atoms with Crippen LogP contribution in [0.5, 0.6) is 0 Å². The Balaban J connectivity index is 1.49. The van der Waals surface area contributed by atoms with Gasteiger partial charge in [0.05, 0.1) is 5.92 Å². The number of carbonyl (C=O) groups excluding carboxylic acids is 1. The molecule has 1 aromatic heterocycles. The summed E-state index contributed by atoms with van der Waals surface area (Å²) in [5.74, 6) is 1.18. The molecule has 1 fully saturated rings. The second-order valence-electron chi connectivity index (χ2n) is 6.41. The molecule has 4 rings (SSSR count). The van der Waals surface area contributed by atoms with Crippen LogP contribution in [0.2, 0.25) is 5.02 Å². The molecule has 3 aromatic rings. The van der Waals surface area contributed by atoms with Crippen LogP contribution in [-0.2, 0) is 0 Å². The lowest BCUT2D eigenvalue weighted by Crippen LogP contribution is -2.39. The van der Waals surface area contributed by atoms with Gasteiger partial charge in [0.2, 0.25) is 11.8 Å². The van der Waals surface area contributed by atoms with Gasteiger partial charge in [-0.05, 0) is 49.2 Å². The Morgan fingerprint density at radius 3 is 2.62 bits per heavy atom.